The maximum atomic E-state index is 5.75. The molecule has 2 N–H and O–H groups in total. The maximum absolute atomic E-state index is 5.75. The molecule has 0 amide bonds. The summed E-state index contributed by atoms with van der Waals surface area (Å²) in [6.07, 6.45) is 6.96. The van der Waals surface area contributed by atoms with E-state index >= 15 is 0 Å². The van der Waals surface area contributed by atoms with Crippen LogP contribution in [0.2, 0.25) is 0 Å². The van der Waals surface area contributed by atoms with Gasteiger partial charge < -0.3 is 15.4 Å². The Bertz CT molecular complexity index is 579. The molecule has 26 heavy (non-hydrogen) atoms. The van der Waals surface area contributed by atoms with Crippen LogP contribution in [0, 0.1) is 5.92 Å². The highest BCUT2D eigenvalue weighted by Gasteiger charge is 2.23. The highest BCUT2D eigenvalue weighted by atomic mass is 127. The minimum atomic E-state index is 0. The number of nitrogens with one attached hydrogen (secondary N) is 2. The molecule has 1 saturated carbocycles. The second kappa shape index (κ2) is 10.9. The molecule has 6 nitrogen and oxygen atoms in total. The number of ether oxygens (including phenoxy) is 1. The lowest BCUT2D eigenvalue weighted by Gasteiger charge is -2.24. The van der Waals surface area contributed by atoms with Crippen molar-refractivity contribution in [3.63, 3.8) is 0 Å². The van der Waals surface area contributed by atoms with Gasteiger partial charge in [-0.25, -0.2) is 4.98 Å². The number of aliphatic imine (C=N–C) groups is 1. The van der Waals surface area contributed by atoms with Crippen LogP contribution < -0.4 is 15.4 Å². The average molecular weight is 473 g/mol. The Balaban J connectivity index is 0.00000243. The second-order valence-electron chi connectivity index (χ2n) is 6.99. The number of guanidine groups is 1. The lowest BCUT2D eigenvalue weighted by Crippen LogP contribution is -2.44. The average Bonchev–Trinajstić information content (AvgIpc) is 3.37. The van der Waals surface area contributed by atoms with Crippen molar-refractivity contribution in [2.75, 3.05) is 33.3 Å². The molecule has 1 aliphatic heterocycles. The summed E-state index contributed by atoms with van der Waals surface area (Å²) in [4.78, 5) is 11.2. The van der Waals surface area contributed by atoms with E-state index in [1.807, 2.05) is 25.4 Å². The molecular weight excluding hydrogens is 441 g/mol. The number of halogens is 1. The van der Waals surface area contributed by atoms with E-state index < -0.39 is 0 Å². The lowest BCUT2D eigenvalue weighted by atomic mass is 10.2. The zero-order chi connectivity index (χ0) is 17.5. The van der Waals surface area contributed by atoms with E-state index in [0.29, 0.717) is 12.6 Å². The summed E-state index contributed by atoms with van der Waals surface area (Å²) in [6, 6.07) is 4.64. The van der Waals surface area contributed by atoms with Crippen LogP contribution in [0.3, 0.4) is 0 Å². The van der Waals surface area contributed by atoms with Crippen molar-refractivity contribution in [3.8, 4) is 5.88 Å². The van der Waals surface area contributed by atoms with Crippen LogP contribution in [-0.4, -0.2) is 55.2 Å². The van der Waals surface area contributed by atoms with Crippen LogP contribution in [0.1, 0.15) is 38.2 Å². The number of hydrogen-bond acceptors (Lipinski definition) is 4. The maximum Gasteiger partial charge on any atom is 0.213 e. The lowest BCUT2D eigenvalue weighted by molar-refractivity contribution is 0.267. The zero-order valence-corrected chi connectivity index (χ0v) is 18.2. The third-order valence-electron chi connectivity index (χ3n) is 5.06. The first-order valence-electron chi connectivity index (χ1n) is 9.54. The van der Waals surface area contributed by atoms with E-state index in [1.165, 1.54) is 32.2 Å². The molecule has 1 aliphatic carbocycles. The largest absolute Gasteiger partial charge is 0.477 e. The molecule has 2 aliphatic rings. The normalized spacial score (nSPS) is 20.5. The molecule has 0 radical (unpaired) electrons. The molecule has 2 fully saturated rings. The zero-order valence-electron chi connectivity index (χ0n) is 15.9. The quantitative estimate of drug-likeness (QED) is 0.346. The van der Waals surface area contributed by atoms with E-state index in [1.54, 1.807) is 0 Å². The molecule has 1 aromatic heterocycles. The van der Waals surface area contributed by atoms with Crippen molar-refractivity contribution in [2.45, 2.75) is 45.2 Å². The van der Waals surface area contributed by atoms with Crippen molar-refractivity contribution in [1.29, 1.82) is 0 Å². The van der Waals surface area contributed by atoms with Gasteiger partial charge in [-0.1, -0.05) is 6.92 Å². The monoisotopic (exact) mass is 473 g/mol. The standard InChI is InChI=1S/C19H31N5O.HI/c1-3-24-10-4-5-17(24)13-23-19(20-2)22-12-16-8-9-21-18(11-16)25-14-15-6-7-15;/h8-9,11,15,17H,3-7,10,12-14H2,1-2H3,(H2,20,22,23);1H. The van der Waals surface area contributed by atoms with E-state index in [2.05, 4.69) is 32.4 Å². The summed E-state index contributed by atoms with van der Waals surface area (Å²) in [7, 11) is 1.82. The third kappa shape index (κ3) is 6.57. The van der Waals surface area contributed by atoms with Gasteiger partial charge in [-0.3, -0.25) is 9.89 Å². The summed E-state index contributed by atoms with van der Waals surface area (Å²) < 4.78 is 5.75. The van der Waals surface area contributed by atoms with E-state index in [-0.39, 0.29) is 24.0 Å². The summed E-state index contributed by atoms with van der Waals surface area (Å²) in [6.45, 7) is 7.03. The first-order chi connectivity index (χ1) is 12.3. The van der Waals surface area contributed by atoms with Crippen molar-refractivity contribution >= 4 is 29.9 Å². The minimum absolute atomic E-state index is 0. The molecule has 1 atom stereocenters. The van der Waals surface area contributed by atoms with Gasteiger partial charge >= 0.3 is 0 Å². The van der Waals surface area contributed by atoms with Crippen molar-refractivity contribution in [1.82, 2.24) is 20.5 Å². The number of nitrogens with zero attached hydrogens (tertiary/aromatic N) is 3. The van der Waals surface area contributed by atoms with Crippen LogP contribution in [-0.2, 0) is 6.54 Å². The fraction of sp³-hybridized carbons (Fsp3) is 0.684. The molecule has 0 aromatic carbocycles. The van der Waals surface area contributed by atoms with E-state index in [9.17, 15) is 0 Å². The predicted molar refractivity (Wildman–Crippen MR) is 116 cm³/mol. The van der Waals surface area contributed by atoms with Crippen molar-refractivity contribution < 1.29 is 4.74 Å². The Morgan fingerprint density at radius 1 is 1.35 bits per heavy atom. The summed E-state index contributed by atoms with van der Waals surface area (Å²) in [5.74, 6) is 2.31. The first-order valence-corrected chi connectivity index (χ1v) is 9.54. The Hall–Kier alpha value is -1.09. The van der Waals surface area contributed by atoms with Gasteiger partial charge in [0.15, 0.2) is 5.96 Å². The Labute approximate surface area is 174 Å². The summed E-state index contributed by atoms with van der Waals surface area (Å²) >= 11 is 0. The molecule has 1 unspecified atom stereocenters. The molecule has 0 bridgehead atoms. The number of likely N-dealkylation sites (tertiary alicyclic amines) is 1. The molecule has 7 heteroatoms. The Kier molecular flexibility index (Phi) is 8.90. The fourth-order valence-electron chi connectivity index (χ4n) is 3.29. The van der Waals surface area contributed by atoms with Crippen LogP contribution in [0.15, 0.2) is 23.3 Å². The van der Waals surface area contributed by atoms with Gasteiger partial charge in [-0.05, 0) is 56.3 Å². The summed E-state index contributed by atoms with van der Waals surface area (Å²) in [5, 5.41) is 6.84. The second-order valence-corrected chi connectivity index (χ2v) is 6.99. The van der Waals surface area contributed by atoms with Gasteiger partial charge in [0.1, 0.15) is 0 Å². The third-order valence-corrected chi connectivity index (χ3v) is 5.06. The van der Waals surface area contributed by atoms with Gasteiger partial charge in [-0.2, -0.15) is 0 Å². The fourth-order valence-corrected chi connectivity index (χ4v) is 3.29. The van der Waals surface area contributed by atoms with Crippen LogP contribution in [0.5, 0.6) is 5.88 Å². The first kappa shape index (κ1) is 21.2. The van der Waals surface area contributed by atoms with Gasteiger partial charge in [0.05, 0.1) is 6.61 Å². The van der Waals surface area contributed by atoms with Crippen LogP contribution >= 0.6 is 24.0 Å². The molecule has 1 saturated heterocycles. The Morgan fingerprint density at radius 2 is 2.19 bits per heavy atom. The topological polar surface area (TPSA) is 61.8 Å². The van der Waals surface area contributed by atoms with Crippen LogP contribution in [0.25, 0.3) is 0 Å². The SMILES string of the molecule is CCN1CCCC1CNC(=NC)NCc1ccnc(OCC2CC2)c1.I. The minimum Gasteiger partial charge on any atom is -0.477 e. The molecule has 146 valence electrons. The van der Waals surface area contributed by atoms with Crippen LogP contribution in [0.4, 0.5) is 0 Å². The molecule has 3 rings (SSSR count). The molecule has 0 spiro atoms. The number of likely N-dealkylation sites (N-methyl/N-ethyl adjacent to an activating group) is 1. The molecule has 1 aromatic rings. The molecular formula is C19H32IN5O. The molecule has 2 heterocycles. The summed E-state index contributed by atoms with van der Waals surface area (Å²) in [5.41, 5.74) is 1.15. The number of pyridine rings is 1. The number of rotatable bonds is 8. The van der Waals surface area contributed by atoms with Gasteiger partial charge in [-0.15, -0.1) is 24.0 Å². The van der Waals surface area contributed by atoms with Gasteiger partial charge in [0.25, 0.3) is 0 Å². The van der Waals surface area contributed by atoms with Gasteiger partial charge in [0.2, 0.25) is 5.88 Å². The van der Waals surface area contributed by atoms with Crippen molar-refractivity contribution in [3.05, 3.63) is 23.9 Å². The van der Waals surface area contributed by atoms with Gasteiger partial charge in [0, 0.05) is 38.4 Å². The van der Waals surface area contributed by atoms with E-state index in [0.717, 1.165) is 43.0 Å². The Morgan fingerprint density at radius 3 is 2.92 bits per heavy atom. The van der Waals surface area contributed by atoms with Crippen molar-refractivity contribution in [2.24, 2.45) is 10.9 Å². The highest BCUT2D eigenvalue weighted by molar-refractivity contribution is 14.0. The highest BCUT2D eigenvalue weighted by Crippen LogP contribution is 2.29. The number of hydrogen-bond donors (Lipinski definition) is 2. The predicted octanol–water partition coefficient (Wildman–Crippen LogP) is 2.64. The smallest absolute Gasteiger partial charge is 0.213 e. The van der Waals surface area contributed by atoms with E-state index in [4.69, 9.17) is 4.74 Å². The number of aromatic nitrogens is 1.